The minimum Gasteiger partial charge on any atom is -0.506 e. The molecule has 3 aliphatic heterocycles. The number of unbranched alkanes of at least 4 members (excludes halogenated alkanes) is 1. The van der Waals surface area contributed by atoms with Crippen LogP contribution in [0.4, 0.5) is 4.79 Å². The van der Waals surface area contributed by atoms with Gasteiger partial charge in [-0.2, -0.15) is 0 Å². The SMILES string of the molecule is O=C(CNC(=O)c1ccc(COc2cccc([C@@H](NC(=O)OC3CN4CCC3CC4)c3ccccc3)c2)cc1)OCCCCNCC(O)c1ccc(O)c2[nH]c(=O)ccc12. The number of phenols is 1. The minimum absolute atomic E-state index is 0.0696. The van der Waals surface area contributed by atoms with Gasteiger partial charge in [0.2, 0.25) is 5.56 Å². The molecular weight excluding hydrogens is 767 g/mol. The Kier molecular flexibility index (Phi) is 14.1. The Morgan fingerprint density at radius 1 is 0.883 bits per heavy atom. The van der Waals surface area contributed by atoms with Crippen LogP contribution in [0.3, 0.4) is 0 Å². The molecule has 2 unspecified atom stereocenters. The molecule has 14 nitrogen and oxygen atoms in total. The van der Waals surface area contributed by atoms with E-state index in [0.717, 1.165) is 49.2 Å². The van der Waals surface area contributed by atoms with Gasteiger partial charge in [-0.15, -0.1) is 0 Å². The number of nitrogens with one attached hydrogen (secondary N) is 4. The highest BCUT2D eigenvalue weighted by Crippen LogP contribution is 2.31. The van der Waals surface area contributed by atoms with Gasteiger partial charge in [-0.3, -0.25) is 19.3 Å². The molecule has 60 heavy (non-hydrogen) atoms. The molecule has 2 amide bonds. The van der Waals surface area contributed by atoms with Gasteiger partial charge in [-0.25, -0.2) is 4.79 Å². The van der Waals surface area contributed by atoms with Gasteiger partial charge < -0.3 is 45.4 Å². The van der Waals surface area contributed by atoms with E-state index in [2.05, 4.69) is 25.8 Å². The quantitative estimate of drug-likeness (QED) is 0.0510. The molecule has 5 aromatic rings. The summed E-state index contributed by atoms with van der Waals surface area (Å²) in [6, 6.07) is 29.8. The fraction of sp³-hybridized carbons (Fsp3) is 0.348. The first kappa shape index (κ1) is 41.9. The number of aromatic hydroxyl groups is 1. The summed E-state index contributed by atoms with van der Waals surface area (Å²) in [7, 11) is 0. The van der Waals surface area contributed by atoms with Gasteiger partial charge in [0.1, 0.15) is 30.8 Å². The Labute approximate surface area is 347 Å². The van der Waals surface area contributed by atoms with E-state index in [-0.39, 0.29) is 49.2 Å². The number of fused-ring (bicyclic) bond motifs is 4. The number of rotatable bonds is 18. The maximum Gasteiger partial charge on any atom is 0.408 e. The van der Waals surface area contributed by atoms with Crippen LogP contribution < -0.4 is 26.2 Å². The van der Waals surface area contributed by atoms with E-state index in [4.69, 9.17) is 14.2 Å². The normalized spacial score (nSPS) is 18.0. The van der Waals surface area contributed by atoms with Crippen molar-refractivity contribution in [3.05, 3.63) is 141 Å². The minimum atomic E-state index is -0.866. The molecule has 6 N–H and O–H groups in total. The van der Waals surface area contributed by atoms with Gasteiger partial charge >= 0.3 is 12.1 Å². The standard InChI is InChI=1S/C46H51N5O9/c52-38-17-15-36(37-16-18-41(54)49-44(37)38)39(53)26-47-21-4-5-24-58-42(55)27-48-45(56)33-13-11-30(12-14-33)29-59-35-10-6-9-34(25-35)43(32-7-2-1-3-8-32)50-46(57)60-40-28-51-22-19-31(40)20-23-51/h1-3,6-18,25,31,39-40,43,47,52-53H,4-5,19-24,26-29H2,(H,48,56)(H,49,54)(H,50,57)/t39?,40?,43-/m0/s1. The number of carbonyl (C=O) groups excluding carboxylic acids is 3. The molecule has 3 aliphatic rings. The Morgan fingerprint density at radius 2 is 1.67 bits per heavy atom. The van der Waals surface area contributed by atoms with Crippen LogP contribution >= 0.6 is 0 Å². The lowest BCUT2D eigenvalue weighted by atomic mass is 9.86. The zero-order chi connectivity index (χ0) is 41.8. The average molecular weight is 818 g/mol. The van der Waals surface area contributed by atoms with Gasteiger partial charge in [0.25, 0.3) is 5.91 Å². The number of hydrogen-bond acceptors (Lipinski definition) is 11. The van der Waals surface area contributed by atoms with E-state index >= 15 is 0 Å². The summed E-state index contributed by atoms with van der Waals surface area (Å²) < 4.78 is 17.4. The first-order valence-corrected chi connectivity index (χ1v) is 20.4. The summed E-state index contributed by atoms with van der Waals surface area (Å²) in [6.45, 7) is 3.89. The van der Waals surface area contributed by atoms with E-state index in [1.165, 1.54) is 12.1 Å². The smallest absolute Gasteiger partial charge is 0.408 e. The number of nitrogens with zero attached hydrogens (tertiary/aromatic N) is 1. The van der Waals surface area contributed by atoms with Crippen LogP contribution in [0.1, 0.15) is 70.4 Å². The number of pyridine rings is 1. The Bertz CT molecular complexity index is 2290. The Morgan fingerprint density at radius 3 is 2.43 bits per heavy atom. The van der Waals surface area contributed by atoms with Crippen molar-refractivity contribution in [2.45, 2.75) is 50.5 Å². The Hall–Kier alpha value is -6.22. The molecule has 2 bridgehead atoms. The molecule has 3 saturated heterocycles. The number of amides is 2. The van der Waals surface area contributed by atoms with Crippen LogP contribution in [0.25, 0.3) is 10.9 Å². The molecule has 8 rings (SSSR count). The largest absolute Gasteiger partial charge is 0.506 e. The van der Waals surface area contributed by atoms with Crippen molar-refractivity contribution < 1.29 is 38.8 Å². The Balaban J connectivity index is 0.807. The second kappa shape index (κ2) is 20.2. The zero-order valence-electron chi connectivity index (χ0n) is 33.3. The van der Waals surface area contributed by atoms with Gasteiger partial charge in [0, 0.05) is 30.1 Å². The molecule has 1 aromatic heterocycles. The lowest BCUT2D eigenvalue weighted by molar-refractivity contribution is -0.142. The molecule has 3 atom stereocenters. The fourth-order valence-electron chi connectivity index (χ4n) is 7.78. The number of alkyl carbamates (subject to hydrolysis) is 1. The average Bonchev–Trinajstić information content (AvgIpc) is 3.27. The summed E-state index contributed by atoms with van der Waals surface area (Å²) >= 11 is 0. The lowest BCUT2D eigenvalue weighted by Crippen LogP contribution is -2.52. The number of H-pyrrole nitrogens is 1. The van der Waals surface area contributed by atoms with E-state index in [1.54, 1.807) is 36.4 Å². The molecule has 0 radical (unpaired) electrons. The highest BCUT2D eigenvalue weighted by atomic mass is 16.6. The van der Waals surface area contributed by atoms with Crippen LogP contribution in [0, 0.1) is 5.92 Å². The third-order valence-electron chi connectivity index (χ3n) is 11.1. The summed E-state index contributed by atoms with van der Waals surface area (Å²) in [6.07, 6.45) is 1.97. The van der Waals surface area contributed by atoms with Gasteiger partial charge in [0.05, 0.1) is 24.3 Å². The van der Waals surface area contributed by atoms with Crippen molar-refractivity contribution in [2.24, 2.45) is 5.92 Å². The molecule has 314 valence electrons. The van der Waals surface area contributed by atoms with Crippen molar-refractivity contribution in [1.82, 2.24) is 25.8 Å². The number of aliphatic hydroxyl groups is 1. The van der Waals surface area contributed by atoms with Crippen LogP contribution in [-0.2, 0) is 20.9 Å². The summed E-state index contributed by atoms with van der Waals surface area (Å²) in [5.74, 6) is 0.00244. The van der Waals surface area contributed by atoms with E-state index < -0.39 is 30.1 Å². The van der Waals surface area contributed by atoms with Crippen molar-refractivity contribution in [1.29, 1.82) is 0 Å². The monoisotopic (exact) mass is 817 g/mol. The number of piperidine rings is 3. The highest BCUT2D eigenvalue weighted by Gasteiger charge is 2.37. The van der Waals surface area contributed by atoms with E-state index in [1.807, 2.05) is 54.6 Å². The number of benzene rings is 4. The molecule has 0 spiro atoms. The zero-order valence-corrected chi connectivity index (χ0v) is 33.3. The summed E-state index contributed by atoms with van der Waals surface area (Å²) in [5.41, 5.74) is 3.50. The number of carbonyl (C=O) groups is 3. The number of ether oxygens (including phenoxy) is 3. The van der Waals surface area contributed by atoms with Gasteiger partial charge in [-0.05, 0) is 110 Å². The molecule has 3 fully saturated rings. The van der Waals surface area contributed by atoms with Crippen molar-refractivity contribution in [2.75, 3.05) is 45.9 Å². The lowest BCUT2D eigenvalue weighted by Gasteiger charge is -2.43. The molecule has 4 heterocycles. The number of aromatic amines is 1. The van der Waals surface area contributed by atoms with Crippen molar-refractivity contribution in [3.8, 4) is 11.5 Å². The number of aromatic nitrogens is 1. The molecule has 4 aromatic carbocycles. The maximum absolute atomic E-state index is 13.2. The topological polar surface area (TPSA) is 192 Å². The van der Waals surface area contributed by atoms with Gasteiger partial charge in [0.15, 0.2) is 0 Å². The van der Waals surface area contributed by atoms with E-state index in [9.17, 15) is 29.4 Å². The van der Waals surface area contributed by atoms with Gasteiger partial charge in [-0.1, -0.05) is 60.7 Å². The van der Waals surface area contributed by atoms with Crippen LogP contribution in [-0.4, -0.2) is 90.0 Å². The number of hydrogen-bond donors (Lipinski definition) is 6. The van der Waals surface area contributed by atoms with Crippen LogP contribution in [0.5, 0.6) is 11.5 Å². The summed E-state index contributed by atoms with van der Waals surface area (Å²) in [5, 5.41) is 30.2. The van der Waals surface area contributed by atoms with Crippen LogP contribution in [0.2, 0.25) is 0 Å². The third kappa shape index (κ3) is 11.1. The first-order valence-electron chi connectivity index (χ1n) is 20.4. The highest BCUT2D eigenvalue weighted by molar-refractivity contribution is 5.96. The number of phenolic OH excluding ortho intramolecular Hbond substituents is 1. The molecule has 0 saturated carbocycles. The third-order valence-corrected chi connectivity index (χ3v) is 11.1. The fourth-order valence-corrected chi connectivity index (χ4v) is 7.78. The predicted octanol–water partition coefficient (Wildman–Crippen LogP) is 5.10. The number of esters is 1. The van der Waals surface area contributed by atoms with Crippen molar-refractivity contribution in [3.63, 3.8) is 0 Å². The first-order chi connectivity index (χ1) is 29.2. The molecular formula is C46H51N5O9. The second-order valence-corrected chi connectivity index (χ2v) is 15.2. The second-order valence-electron chi connectivity index (χ2n) is 15.2. The van der Waals surface area contributed by atoms with E-state index in [0.29, 0.717) is 47.6 Å². The summed E-state index contributed by atoms with van der Waals surface area (Å²) in [4.78, 5) is 54.8. The van der Waals surface area contributed by atoms with Crippen LogP contribution in [0.15, 0.2) is 108 Å². The number of aliphatic hydroxyl groups excluding tert-OH is 1. The molecule has 14 heteroatoms. The van der Waals surface area contributed by atoms with Crippen molar-refractivity contribution >= 4 is 28.9 Å². The predicted molar refractivity (Wildman–Crippen MR) is 225 cm³/mol. The maximum atomic E-state index is 13.2. The molecule has 0 aliphatic carbocycles.